The second-order valence-corrected chi connectivity index (χ2v) is 4.74. The molecule has 0 aromatic heterocycles. The van der Waals surface area contributed by atoms with Gasteiger partial charge in [0.05, 0.1) is 15.7 Å². The first kappa shape index (κ1) is 18.4. The molecule has 6 heteroatoms. The third-order valence-electron chi connectivity index (χ3n) is 2.57. The van der Waals surface area contributed by atoms with E-state index in [2.05, 4.69) is 5.32 Å². The maximum atomic E-state index is 10.7. The number of carbonyl (C=O) groups is 1. The largest absolute Gasteiger partial charge is 1.00 e. The van der Waals surface area contributed by atoms with Gasteiger partial charge in [-0.25, -0.2) is 0 Å². The molecule has 0 heterocycles. The van der Waals surface area contributed by atoms with Gasteiger partial charge in [-0.05, 0) is 23.8 Å². The summed E-state index contributed by atoms with van der Waals surface area (Å²) in [6.45, 7) is 0. The van der Waals surface area contributed by atoms with Gasteiger partial charge in [-0.15, -0.1) is 0 Å². The van der Waals surface area contributed by atoms with Gasteiger partial charge in [-0.1, -0.05) is 47.5 Å². The summed E-state index contributed by atoms with van der Waals surface area (Å²) in [7, 11) is 0. The summed E-state index contributed by atoms with van der Waals surface area (Å²) < 4.78 is 0. The van der Waals surface area contributed by atoms with Gasteiger partial charge in [-0.2, -0.15) is 0 Å². The van der Waals surface area contributed by atoms with Gasteiger partial charge in [0.2, 0.25) is 0 Å². The molecule has 0 amide bonds. The Balaban J connectivity index is 0.00000200. The van der Waals surface area contributed by atoms with Crippen LogP contribution in [0.4, 0.5) is 11.4 Å². The van der Waals surface area contributed by atoms with Crippen LogP contribution in [0.3, 0.4) is 0 Å². The standard InChI is InChI=1S/C14H11Cl2NO2.Cs/c15-10-5-3-6-11(16)14(10)17-12-7-2-1-4-9(12)8-13(18)19;/h1-7,17H,8H2,(H,18,19);/q;+1/p-1. The van der Waals surface area contributed by atoms with E-state index in [0.717, 1.165) is 0 Å². The van der Waals surface area contributed by atoms with Crippen molar-refractivity contribution in [3.8, 4) is 0 Å². The van der Waals surface area contributed by atoms with Crippen molar-refractivity contribution in [3.63, 3.8) is 0 Å². The minimum atomic E-state index is -1.14. The minimum Gasteiger partial charge on any atom is -0.550 e. The van der Waals surface area contributed by atoms with Crippen LogP contribution < -0.4 is 79.3 Å². The van der Waals surface area contributed by atoms with E-state index in [9.17, 15) is 9.90 Å². The molecule has 0 saturated heterocycles. The number of carboxylic acid groups (broad SMARTS) is 1. The number of hydrogen-bond acceptors (Lipinski definition) is 3. The summed E-state index contributed by atoms with van der Waals surface area (Å²) in [4.78, 5) is 10.7. The Bertz CT molecular complexity index is 600. The van der Waals surface area contributed by atoms with Gasteiger partial charge < -0.3 is 15.2 Å². The summed E-state index contributed by atoms with van der Waals surface area (Å²) in [5.74, 6) is -1.14. The first-order valence-corrected chi connectivity index (χ1v) is 6.32. The number of nitrogens with one attached hydrogen (secondary N) is 1. The monoisotopic (exact) mass is 427 g/mol. The topological polar surface area (TPSA) is 52.2 Å². The van der Waals surface area contributed by atoms with E-state index in [4.69, 9.17) is 23.2 Å². The van der Waals surface area contributed by atoms with Gasteiger partial charge in [0, 0.05) is 18.1 Å². The second-order valence-electron chi connectivity index (χ2n) is 3.93. The van der Waals surface area contributed by atoms with Crippen molar-refractivity contribution in [2.45, 2.75) is 6.42 Å². The van der Waals surface area contributed by atoms with Crippen molar-refractivity contribution >= 4 is 40.5 Å². The molecule has 0 spiro atoms. The predicted octanol–water partition coefficient (Wildman–Crippen LogP) is 0.0334. The zero-order chi connectivity index (χ0) is 13.8. The van der Waals surface area contributed by atoms with Crippen LogP contribution in [0.2, 0.25) is 10.0 Å². The molecule has 0 saturated carbocycles. The van der Waals surface area contributed by atoms with Crippen LogP contribution in [0.1, 0.15) is 5.56 Å². The van der Waals surface area contributed by atoms with Crippen LogP contribution in [0.5, 0.6) is 0 Å². The van der Waals surface area contributed by atoms with Gasteiger partial charge in [0.25, 0.3) is 0 Å². The van der Waals surface area contributed by atoms with E-state index in [1.807, 2.05) is 0 Å². The molecule has 2 rings (SSSR count). The number of halogens is 2. The molecule has 2 aromatic rings. The van der Waals surface area contributed by atoms with Crippen molar-refractivity contribution in [2.75, 3.05) is 5.32 Å². The summed E-state index contributed by atoms with van der Waals surface area (Å²) >= 11 is 12.1. The van der Waals surface area contributed by atoms with Crippen LogP contribution in [0.25, 0.3) is 0 Å². The Hall–Kier alpha value is 0.342. The maximum absolute atomic E-state index is 10.7. The Morgan fingerprint density at radius 2 is 1.65 bits per heavy atom. The van der Waals surface area contributed by atoms with Crippen LogP contribution >= 0.6 is 23.2 Å². The Labute approximate surface area is 186 Å². The van der Waals surface area contributed by atoms with Gasteiger partial charge in [0.15, 0.2) is 0 Å². The third kappa shape index (κ3) is 4.96. The fourth-order valence-corrected chi connectivity index (χ4v) is 2.20. The first-order chi connectivity index (χ1) is 9.08. The van der Waals surface area contributed by atoms with Gasteiger partial charge in [-0.3, -0.25) is 0 Å². The third-order valence-corrected chi connectivity index (χ3v) is 3.20. The van der Waals surface area contributed by atoms with Crippen molar-refractivity contribution in [1.29, 1.82) is 0 Å². The molecule has 0 bridgehead atoms. The minimum absolute atomic E-state index is 0. The number of para-hydroxylation sites is 2. The SMILES string of the molecule is O=C([O-])Cc1ccccc1Nc1c(Cl)cccc1Cl.[Cs+]. The zero-order valence-corrected chi connectivity index (χ0v) is 18.6. The maximum Gasteiger partial charge on any atom is 1.00 e. The number of carboxylic acids is 1. The molecule has 0 aliphatic rings. The molecule has 0 atom stereocenters. The summed E-state index contributed by atoms with van der Waals surface area (Å²) in [5.41, 5.74) is 1.80. The first-order valence-electron chi connectivity index (χ1n) is 5.56. The van der Waals surface area contributed by atoms with Crippen molar-refractivity contribution < 1.29 is 78.8 Å². The van der Waals surface area contributed by atoms with Crippen LogP contribution in [0, 0.1) is 0 Å². The summed E-state index contributed by atoms with van der Waals surface area (Å²) in [6, 6.07) is 12.2. The molecule has 0 unspecified atom stereocenters. The molecule has 0 radical (unpaired) electrons. The molecule has 0 aliphatic carbocycles. The predicted molar refractivity (Wildman–Crippen MR) is 74.9 cm³/mol. The second kappa shape index (κ2) is 8.70. The number of anilines is 2. The smallest absolute Gasteiger partial charge is 0.550 e. The molecule has 20 heavy (non-hydrogen) atoms. The molecule has 98 valence electrons. The van der Waals surface area contributed by atoms with Crippen LogP contribution in [0.15, 0.2) is 42.5 Å². The molecule has 0 aliphatic heterocycles. The van der Waals surface area contributed by atoms with E-state index in [1.54, 1.807) is 42.5 Å². The molecule has 1 N–H and O–H groups in total. The average molecular weight is 428 g/mol. The summed E-state index contributed by atoms with van der Waals surface area (Å²) in [6.07, 6.45) is -0.175. The molecule has 0 fully saturated rings. The quantitative estimate of drug-likeness (QED) is 0.749. The number of carbonyl (C=O) groups excluding carboxylic acids is 1. The van der Waals surface area contributed by atoms with E-state index >= 15 is 0 Å². The van der Waals surface area contributed by atoms with E-state index in [-0.39, 0.29) is 75.3 Å². The van der Waals surface area contributed by atoms with E-state index < -0.39 is 5.97 Å². The molecule has 2 aromatic carbocycles. The molecule has 3 nitrogen and oxygen atoms in total. The van der Waals surface area contributed by atoms with Crippen molar-refractivity contribution in [1.82, 2.24) is 0 Å². The normalized spacial score (nSPS) is 9.70. The molecular formula is C14H10Cl2CsNO2. The molecular weight excluding hydrogens is 418 g/mol. The van der Waals surface area contributed by atoms with E-state index in [0.29, 0.717) is 27.0 Å². The number of aliphatic carboxylic acids is 1. The number of hydrogen-bond donors (Lipinski definition) is 1. The summed E-state index contributed by atoms with van der Waals surface area (Å²) in [5, 5.41) is 14.7. The average Bonchev–Trinajstić information content (AvgIpc) is 2.35. The van der Waals surface area contributed by atoms with Crippen LogP contribution in [-0.2, 0) is 11.2 Å². The Kier molecular flexibility index (Phi) is 8.00. The van der Waals surface area contributed by atoms with E-state index in [1.165, 1.54) is 0 Å². The fraction of sp³-hybridized carbons (Fsp3) is 0.0714. The Morgan fingerprint density at radius 3 is 2.25 bits per heavy atom. The van der Waals surface area contributed by atoms with Crippen molar-refractivity contribution in [3.05, 3.63) is 58.1 Å². The Morgan fingerprint density at radius 1 is 1.05 bits per heavy atom. The van der Waals surface area contributed by atoms with Gasteiger partial charge in [0.1, 0.15) is 0 Å². The number of benzene rings is 2. The van der Waals surface area contributed by atoms with Crippen LogP contribution in [-0.4, -0.2) is 5.97 Å². The number of rotatable bonds is 4. The zero-order valence-electron chi connectivity index (χ0n) is 10.8. The van der Waals surface area contributed by atoms with Crippen molar-refractivity contribution in [2.24, 2.45) is 0 Å². The fourth-order valence-electron chi connectivity index (χ4n) is 1.70. The van der Waals surface area contributed by atoms with Gasteiger partial charge >= 0.3 is 68.9 Å².